The minimum Gasteiger partial charge on any atom is -0.356 e. The second-order valence-electron chi connectivity index (χ2n) is 7.24. The normalized spacial score (nSPS) is 12.2. The zero-order valence-electron chi connectivity index (χ0n) is 15.9. The van der Waals surface area contributed by atoms with E-state index in [0.29, 0.717) is 31.7 Å². The molecule has 2 N–H and O–H groups in total. The van der Waals surface area contributed by atoms with Gasteiger partial charge in [0, 0.05) is 36.8 Å². The number of carbonyl (C=O) groups is 2. The molecule has 0 bridgehead atoms. The molecule has 0 aliphatic rings. The number of hydrogen-bond acceptors (Lipinski definition) is 3. The van der Waals surface area contributed by atoms with E-state index in [1.807, 2.05) is 31.2 Å². The van der Waals surface area contributed by atoms with Gasteiger partial charge in [-0.05, 0) is 36.6 Å². The van der Waals surface area contributed by atoms with Crippen LogP contribution in [0, 0.1) is 5.92 Å². The molecule has 1 aromatic carbocycles. The van der Waals surface area contributed by atoms with Crippen molar-refractivity contribution >= 4 is 22.6 Å². The number of aromatic nitrogens is 1. The van der Waals surface area contributed by atoms with Gasteiger partial charge in [-0.15, -0.1) is 0 Å². The summed E-state index contributed by atoms with van der Waals surface area (Å²) in [6.45, 7) is 6.73. The van der Waals surface area contributed by atoms with Crippen LogP contribution in [0.4, 0.5) is 0 Å². The molecule has 1 atom stereocenters. The second kappa shape index (κ2) is 9.90. The fourth-order valence-corrected chi connectivity index (χ4v) is 2.82. The highest BCUT2D eigenvalue weighted by molar-refractivity contribution is 5.89. The smallest absolute Gasteiger partial charge is 0.224 e. The Labute approximate surface area is 155 Å². The number of hydrogen-bond donors (Lipinski definition) is 2. The van der Waals surface area contributed by atoms with Crippen LogP contribution < -0.4 is 10.6 Å². The molecule has 0 aliphatic carbocycles. The van der Waals surface area contributed by atoms with Crippen LogP contribution in [0.1, 0.15) is 45.6 Å². The molecule has 1 aromatic heterocycles. The Balaban J connectivity index is 1.74. The van der Waals surface area contributed by atoms with Crippen LogP contribution in [-0.2, 0) is 16.0 Å². The maximum Gasteiger partial charge on any atom is 0.224 e. The maximum absolute atomic E-state index is 12.2. The van der Waals surface area contributed by atoms with Crippen molar-refractivity contribution in [2.24, 2.45) is 5.92 Å². The third-order valence-electron chi connectivity index (χ3n) is 4.36. The van der Waals surface area contributed by atoms with Gasteiger partial charge in [-0.1, -0.05) is 38.1 Å². The number of carbonyl (C=O) groups excluding carboxylic acids is 2. The van der Waals surface area contributed by atoms with Crippen molar-refractivity contribution in [2.75, 3.05) is 6.54 Å². The number of amides is 2. The Hall–Kier alpha value is -2.43. The standard InChI is InChI=1S/C21H29N3O2/c1-15(2)8-9-20(25)24-16(3)10-11-23-21(26)12-18-14-22-13-17-6-4-5-7-19(17)18/h4-7,13-16H,8-12H2,1-3H3,(H,23,26)(H,24,25)/t16-/m0/s1. The Kier molecular flexibility index (Phi) is 7.57. The van der Waals surface area contributed by atoms with Crippen LogP contribution >= 0.6 is 0 Å². The van der Waals surface area contributed by atoms with E-state index in [4.69, 9.17) is 0 Å². The van der Waals surface area contributed by atoms with Gasteiger partial charge < -0.3 is 10.6 Å². The highest BCUT2D eigenvalue weighted by Crippen LogP contribution is 2.17. The quantitative estimate of drug-likeness (QED) is 0.725. The van der Waals surface area contributed by atoms with Gasteiger partial charge in [0.15, 0.2) is 0 Å². The van der Waals surface area contributed by atoms with Gasteiger partial charge in [0.2, 0.25) is 11.8 Å². The van der Waals surface area contributed by atoms with E-state index in [9.17, 15) is 9.59 Å². The predicted molar refractivity (Wildman–Crippen MR) is 105 cm³/mol. The summed E-state index contributed by atoms with van der Waals surface area (Å²) < 4.78 is 0. The summed E-state index contributed by atoms with van der Waals surface area (Å²) in [4.78, 5) is 28.2. The van der Waals surface area contributed by atoms with Crippen molar-refractivity contribution in [1.82, 2.24) is 15.6 Å². The van der Waals surface area contributed by atoms with E-state index in [-0.39, 0.29) is 17.9 Å². The van der Waals surface area contributed by atoms with Gasteiger partial charge in [-0.3, -0.25) is 14.6 Å². The number of nitrogens with one attached hydrogen (secondary N) is 2. The summed E-state index contributed by atoms with van der Waals surface area (Å²) >= 11 is 0. The third kappa shape index (κ3) is 6.47. The first-order valence-corrected chi connectivity index (χ1v) is 9.33. The topological polar surface area (TPSA) is 71.1 Å². The molecule has 1 heterocycles. The fourth-order valence-electron chi connectivity index (χ4n) is 2.82. The van der Waals surface area contributed by atoms with Crippen LogP contribution in [0.2, 0.25) is 0 Å². The molecule has 140 valence electrons. The molecule has 0 fully saturated rings. The fraction of sp³-hybridized carbons (Fsp3) is 0.476. The SMILES string of the molecule is CC(C)CCC(=O)N[C@@H](C)CCNC(=O)Cc1cncc2ccccc12. The summed E-state index contributed by atoms with van der Waals surface area (Å²) in [6, 6.07) is 7.98. The van der Waals surface area contributed by atoms with Crippen LogP contribution in [0.3, 0.4) is 0 Å². The van der Waals surface area contributed by atoms with Gasteiger partial charge in [-0.2, -0.15) is 0 Å². The van der Waals surface area contributed by atoms with E-state index >= 15 is 0 Å². The van der Waals surface area contributed by atoms with Crippen LogP contribution in [0.5, 0.6) is 0 Å². The number of benzene rings is 1. The van der Waals surface area contributed by atoms with Crippen molar-refractivity contribution in [3.05, 3.63) is 42.2 Å². The largest absolute Gasteiger partial charge is 0.356 e. The average Bonchev–Trinajstić information content (AvgIpc) is 2.60. The summed E-state index contributed by atoms with van der Waals surface area (Å²) in [6.07, 6.45) is 6.03. The molecule has 2 rings (SSSR count). The zero-order valence-corrected chi connectivity index (χ0v) is 15.9. The molecule has 0 radical (unpaired) electrons. The van der Waals surface area contributed by atoms with E-state index < -0.39 is 0 Å². The lowest BCUT2D eigenvalue weighted by Crippen LogP contribution is -2.36. The first kappa shape index (κ1) is 19.9. The Bertz CT molecular complexity index is 738. The summed E-state index contributed by atoms with van der Waals surface area (Å²) in [5.41, 5.74) is 0.927. The third-order valence-corrected chi connectivity index (χ3v) is 4.36. The molecule has 5 nitrogen and oxygen atoms in total. The molecule has 2 aromatic rings. The second-order valence-corrected chi connectivity index (χ2v) is 7.24. The monoisotopic (exact) mass is 355 g/mol. The molecule has 0 spiro atoms. The van der Waals surface area contributed by atoms with Crippen molar-refractivity contribution in [3.63, 3.8) is 0 Å². The average molecular weight is 355 g/mol. The molecule has 0 saturated carbocycles. The molecular formula is C21H29N3O2. The molecule has 0 saturated heterocycles. The van der Waals surface area contributed by atoms with Gasteiger partial charge >= 0.3 is 0 Å². The van der Waals surface area contributed by atoms with E-state index in [1.165, 1.54) is 0 Å². The number of rotatable bonds is 9. The van der Waals surface area contributed by atoms with Gasteiger partial charge in [0.1, 0.15) is 0 Å². The highest BCUT2D eigenvalue weighted by Gasteiger charge is 2.10. The van der Waals surface area contributed by atoms with E-state index in [2.05, 4.69) is 29.5 Å². The Morgan fingerprint density at radius 3 is 2.58 bits per heavy atom. The van der Waals surface area contributed by atoms with Crippen molar-refractivity contribution in [3.8, 4) is 0 Å². The van der Waals surface area contributed by atoms with Crippen LogP contribution in [0.25, 0.3) is 10.8 Å². The first-order valence-electron chi connectivity index (χ1n) is 9.33. The van der Waals surface area contributed by atoms with Crippen LogP contribution in [0.15, 0.2) is 36.7 Å². The molecule has 26 heavy (non-hydrogen) atoms. The van der Waals surface area contributed by atoms with Crippen molar-refractivity contribution < 1.29 is 9.59 Å². The summed E-state index contributed by atoms with van der Waals surface area (Å²) in [5, 5.41) is 8.01. The lowest BCUT2D eigenvalue weighted by atomic mass is 10.1. The lowest BCUT2D eigenvalue weighted by molar-refractivity contribution is -0.122. The van der Waals surface area contributed by atoms with Crippen molar-refractivity contribution in [2.45, 2.75) is 52.5 Å². The van der Waals surface area contributed by atoms with Gasteiger partial charge in [0.25, 0.3) is 0 Å². The number of pyridine rings is 1. The minimum atomic E-state index is -0.0264. The molecule has 0 aliphatic heterocycles. The molecule has 0 unspecified atom stereocenters. The van der Waals surface area contributed by atoms with Gasteiger partial charge in [0.05, 0.1) is 6.42 Å². The van der Waals surface area contributed by atoms with E-state index in [1.54, 1.807) is 12.4 Å². The number of fused-ring (bicyclic) bond motifs is 1. The minimum absolute atomic E-state index is 0.0264. The first-order chi connectivity index (χ1) is 12.5. The van der Waals surface area contributed by atoms with Crippen LogP contribution in [-0.4, -0.2) is 29.4 Å². The Morgan fingerprint density at radius 1 is 1.04 bits per heavy atom. The van der Waals surface area contributed by atoms with E-state index in [0.717, 1.165) is 22.8 Å². The summed E-state index contributed by atoms with van der Waals surface area (Å²) in [7, 11) is 0. The zero-order chi connectivity index (χ0) is 18.9. The highest BCUT2D eigenvalue weighted by atomic mass is 16.2. The molecular weight excluding hydrogens is 326 g/mol. The molecule has 2 amide bonds. The summed E-state index contributed by atoms with van der Waals surface area (Å²) in [5.74, 6) is 0.583. The maximum atomic E-state index is 12.2. The predicted octanol–water partition coefficient (Wildman–Crippen LogP) is 3.22. The number of nitrogens with zero attached hydrogens (tertiary/aromatic N) is 1. The van der Waals surface area contributed by atoms with Gasteiger partial charge in [-0.25, -0.2) is 0 Å². The lowest BCUT2D eigenvalue weighted by Gasteiger charge is -2.15. The Morgan fingerprint density at radius 2 is 1.81 bits per heavy atom. The van der Waals surface area contributed by atoms with Crippen molar-refractivity contribution in [1.29, 1.82) is 0 Å². The molecule has 5 heteroatoms.